The van der Waals surface area contributed by atoms with Gasteiger partial charge in [0.15, 0.2) is 0 Å². The second-order valence-electron chi connectivity index (χ2n) is 2.57. The van der Waals surface area contributed by atoms with Crippen LogP contribution in [0, 0.1) is 17.0 Å². The molecule has 0 aliphatic carbocycles. The van der Waals surface area contributed by atoms with E-state index in [1.807, 2.05) is 18.4 Å². The number of nitro groups is 1. The van der Waals surface area contributed by atoms with E-state index in [2.05, 4.69) is 0 Å². The SMILES string of the molecule is C/C(=C\c1cc(C)cs1)[N+](=O)[O-]. The van der Waals surface area contributed by atoms with Crippen molar-refractivity contribution in [2.75, 3.05) is 0 Å². The molecule has 1 rings (SSSR count). The Balaban J connectivity index is 2.87. The Kier molecular flexibility index (Phi) is 2.60. The Morgan fingerprint density at radius 2 is 2.42 bits per heavy atom. The Bertz CT molecular complexity index is 328. The molecule has 0 radical (unpaired) electrons. The molecule has 1 aromatic heterocycles. The van der Waals surface area contributed by atoms with Gasteiger partial charge in [0.1, 0.15) is 0 Å². The number of nitrogens with zero attached hydrogens (tertiary/aromatic N) is 1. The van der Waals surface area contributed by atoms with E-state index in [9.17, 15) is 10.1 Å². The quantitative estimate of drug-likeness (QED) is 0.522. The van der Waals surface area contributed by atoms with E-state index in [0.29, 0.717) is 0 Å². The number of aryl methyl sites for hydroxylation is 1. The van der Waals surface area contributed by atoms with Crippen molar-refractivity contribution in [3.63, 3.8) is 0 Å². The normalized spacial score (nSPS) is 11.7. The molecule has 0 spiro atoms. The first-order valence-electron chi connectivity index (χ1n) is 3.47. The predicted octanol–water partition coefficient (Wildman–Crippen LogP) is 2.69. The molecule has 0 N–H and O–H groups in total. The van der Waals surface area contributed by atoms with Crippen molar-refractivity contribution in [3.8, 4) is 0 Å². The molecule has 0 bridgehead atoms. The zero-order valence-electron chi connectivity index (χ0n) is 6.90. The lowest BCUT2D eigenvalue weighted by atomic mass is 10.3. The molecule has 0 atom stereocenters. The first-order chi connectivity index (χ1) is 5.59. The van der Waals surface area contributed by atoms with Crippen LogP contribution < -0.4 is 0 Å². The summed E-state index contributed by atoms with van der Waals surface area (Å²) in [5.74, 6) is 0. The molecule has 1 heterocycles. The average molecular weight is 183 g/mol. The van der Waals surface area contributed by atoms with Gasteiger partial charge in [-0.15, -0.1) is 11.3 Å². The fourth-order valence-electron chi connectivity index (χ4n) is 0.788. The van der Waals surface area contributed by atoms with Crippen molar-refractivity contribution in [3.05, 3.63) is 37.7 Å². The Hall–Kier alpha value is -1.16. The average Bonchev–Trinajstić information content (AvgIpc) is 2.35. The lowest BCUT2D eigenvalue weighted by Crippen LogP contribution is -1.91. The van der Waals surface area contributed by atoms with Gasteiger partial charge >= 0.3 is 0 Å². The van der Waals surface area contributed by atoms with Crippen LogP contribution in [0.2, 0.25) is 0 Å². The lowest BCUT2D eigenvalue weighted by Gasteiger charge is -1.86. The summed E-state index contributed by atoms with van der Waals surface area (Å²) in [6, 6.07) is 1.93. The summed E-state index contributed by atoms with van der Waals surface area (Å²) < 4.78 is 0. The second-order valence-corrected chi connectivity index (χ2v) is 3.51. The van der Waals surface area contributed by atoms with Gasteiger partial charge in [-0.25, -0.2) is 0 Å². The number of hydrogen-bond acceptors (Lipinski definition) is 3. The number of allylic oxidation sites excluding steroid dienone is 1. The van der Waals surface area contributed by atoms with Gasteiger partial charge in [0, 0.05) is 17.9 Å². The maximum absolute atomic E-state index is 10.3. The van der Waals surface area contributed by atoms with Gasteiger partial charge in [-0.05, 0) is 23.9 Å². The van der Waals surface area contributed by atoms with Gasteiger partial charge in [0.05, 0.1) is 4.92 Å². The molecule has 3 nitrogen and oxygen atoms in total. The van der Waals surface area contributed by atoms with Crippen LogP contribution in [0.3, 0.4) is 0 Å². The van der Waals surface area contributed by atoms with Gasteiger partial charge in [-0.3, -0.25) is 10.1 Å². The van der Waals surface area contributed by atoms with E-state index < -0.39 is 0 Å². The van der Waals surface area contributed by atoms with Gasteiger partial charge < -0.3 is 0 Å². The molecule has 0 aromatic carbocycles. The van der Waals surface area contributed by atoms with E-state index in [1.54, 1.807) is 6.08 Å². The fraction of sp³-hybridized carbons (Fsp3) is 0.250. The van der Waals surface area contributed by atoms with E-state index in [-0.39, 0.29) is 10.6 Å². The fourth-order valence-corrected chi connectivity index (χ4v) is 1.67. The third-order valence-corrected chi connectivity index (χ3v) is 2.39. The summed E-state index contributed by atoms with van der Waals surface area (Å²) in [5, 5.41) is 12.2. The van der Waals surface area contributed by atoms with Crippen molar-refractivity contribution < 1.29 is 4.92 Å². The highest BCUT2D eigenvalue weighted by molar-refractivity contribution is 7.11. The Morgan fingerprint density at radius 1 is 1.75 bits per heavy atom. The number of hydrogen-bond donors (Lipinski definition) is 0. The topological polar surface area (TPSA) is 43.1 Å². The van der Waals surface area contributed by atoms with Gasteiger partial charge in [0.25, 0.3) is 0 Å². The molecule has 4 heteroatoms. The maximum Gasteiger partial charge on any atom is 0.244 e. The van der Waals surface area contributed by atoms with Crippen molar-refractivity contribution in [1.82, 2.24) is 0 Å². The molecule has 0 fully saturated rings. The molecule has 0 unspecified atom stereocenters. The first kappa shape index (κ1) is 8.93. The number of thiophene rings is 1. The first-order valence-corrected chi connectivity index (χ1v) is 4.35. The number of rotatable bonds is 2. The second kappa shape index (κ2) is 3.49. The van der Waals surface area contributed by atoms with Crippen LogP contribution in [0.15, 0.2) is 17.1 Å². The minimum atomic E-state index is -0.380. The van der Waals surface area contributed by atoms with Crippen molar-refractivity contribution >= 4 is 17.4 Å². The smallest absolute Gasteiger partial charge is 0.244 e. The molecule has 12 heavy (non-hydrogen) atoms. The van der Waals surface area contributed by atoms with E-state index in [1.165, 1.54) is 18.3 Å². The molecule has 0 amide bonds. The van der Waals surface area contributed by atoms with Crippen LogP contribution in [0.5, 0.6) is 0 Å². The molecule has 64 valence electrons. The summed E-state index contributed by atoms with van der Waals surface area (Å²) in [6.45, 7) is 3.46. The van der Waals surface area contributed by atoms with E-state index >= 15 is 0 Å². The minimum Gasteiger partial charge on any atom is -0.259 e. The zero-order valence-corrected chi connectivity index (χ0v) is 7.72. The van der Waals surface area contributed by atoms with Crippen LogP contribution in [0.4, 0.5) is 0 Å². The van der Waals surface area contributed by atoms with E-state index in [0.717, 1.165) is 10.4 Å². The highest BCUT2D eigenvalue weighted by Crippen LogP contribution is 2.16. The summed E-state index contributed by atoms with van der Waals surface area (Å²) in [5.41, 5.74) is 1.32. The third-order valence-electron chi connectivity index (χ3n) is 1.39. The minimum absolute atomic E-state index is 0.178. The van der Waals surface area contributed by atoms with Crippen LogP contribution in [-0.4, -0.2) is 4.92 Å². The summed E-state index contributed by atoms with van der Waals surface area (Å²) >= 11 is 1.51. The summed E-state index contributed by atoms with van der Waals surface area (Å²) in [6.07, 6.45) is 1.58. The van der Waals surface area contributed by atoms with E-state index in [4.69, 9.17) is 0 Å². The molecular formula is C8H9NO2S. The summed E-state index contributed by atoms with van der Waals surface area (Å²) in [7, 11) is 0. The van der Waals surface area contributed by atoms with Crippen LogP contribution >= 0.6 is 11.3 Å². The van der Waals surface area contributed by atoms with Gasteiger partial charge in [-0.2, -0.15) is 0 Å². The van der Waals surface area contributed by atoms with Crippen LogP contribution in [-0.2, 0) is 0 Å². The van der Waals surface area contributed by atoms with Crippen molar-refractivity contribution in [1.29, 1.82) is 0 Å². The third kappa shape index (κ3) is 2.17. The lowest BCUT2D eigenvalue weighted by molar-refractivity contribution is -0.422. The standard InChI is InChI=1S/C8H9NO2S/c1-6-3-8(12-5-6)4-7(2)9(10)11/h3-5H,1-2H3/b7-4+. The highest BCUT2D eigenvalue weighted by Gasteiger charge is 2.02. The monoisotopic (exact) mass is 183 g/mol. The van der Waals surface area contributed by atoms with Crippen LogP contribution in [0.1, 0.15) is 17.4 Å². The molecular weight excluding hydrogens is 174 g/mol. The molecule has 0 aliphatic heterocycles. The largest absolute Gasteiger partial charge is 0.259 e. The highest BCUT2D eigenvalue weighted by atomic mass is 32.1. The zero-order chi connectivity index (χ0) is 9.14. The van der Waals surface area contributed by atoms with Crippen LogP contribution in [0.25, 0.3) is 6.08 Å². The molecule has 0 saturated heterocycles. The predicted molar refractivity (Wildman–Crippen MR) is 49.7 cm³/mol. The van der Waals surface area contributed by atoms with Gasteiger partial charge in [0.2, 0.25) is 5.70 Å². The molecule has 0 saturated carbocycles. The van der Waals surface area contributed by atoms with Crippen molar-refractivity contribution in [2.45, 2.75) is 13.8 Å². The van der Waals surface area contributed by atoms with Crippen molar-refractivity contribution in [2.24, 2.45) is 0 Å². The summed E-state index contributed by atoms with van der Waals surface area (Å²) in [4.78, 5) is 10.8. The molecule has 1 aromatic rings. The Morgan fingerprint density at radius 3 is 2.83 bits per heavy atom. The molecule has 0 aliphatic rings. The Labute approximate surface area is 74.5 Å². The van der Waals surface area contributed by atoms with Gasteiger partial charge in [-0.1, -0.05) is 0 Å². The maximum atomic E-state index is 10.3.